The summed E-state index contributed by atoms with van der Waals surface area (Å²) in [5, 5.41) is 13.4. The van der Waals surface area contributed by atoms with Crippen LogP contribution in [0.1, 0.15) is 6.92 Å². The molecular weight excluding hydrogens is 236 g/mol. The molecule has 1 atom stereocenters. The number of nitro groups is 1. The smallest absolute Gasteiger partial charge is 0.348 e. The van der Waals surface area contributed by atoms with Gasteiger partial charge in [-0.05, 0) is 6.92 Å². The molecule has 0 fully saturated rings. The lowest BCUT2D eigenvalue weighted by Gasteiger charge is -2.12. The van der Waals surface area contributed by atoms with E-state index in [-0.39, 0.29) is 22.7 Å². The average Bonchev–Trinajstić information content (AvgIpc) is 2.17. The van der Waals surface area contributed by atoms with Crippen LogP contribution >= 0.6 is 11.6 Å². The highest BCUT2D eigenvalue weighted by Crippen LogP contribution is 2.28. The molecule has 0 amide bonds. The van der Waals surface area contributed by atoms with Gasteiger partial charge in [0.2, 0.25) is 11.0 Å². The summed E-state index contributed by atoms with van der Waals surface area (Å²) in [6.07, 6.45) is 1.16. The monoisotopic (exact) mass is 246 g/mol. The van der Waals surface area contributed by atoms with Crippen LogP contribution in [0.25, 0.3) is 0 Å². The first kappa shape index (κ1) is 12.6. The van der Waals surface area contributed by atoms with E-state index < -0.39 is 4.92 Å². The lowest BCUT2D eigenvalue weighted by molar-refractivity contribution is -0.384. The second-order valence-corrected chi connectivity index (χ2v) is 3.48. The lowest BCUT2D eigenvalue weighted by atomic mass is 10.3. The largest absolute Gasteiger partial charge is 0.383 e. The summed E-state index contributed by atoms with van der Waals surface area (Å²) in [5.74, 6) is 0.0922. The van der Waals surface area contributed by atoms with Gasteiger partial charge in [-0.3, -0.25) is 10.1 Å². The van der Waals surface area contributed by atoms with Gasteiger partial charge in [0.05, 0.1) is 11.5 Å². The second kappa shape index (κ2) is 5.57. The summed E-state index contributed by atoms with van der Waals surface area (Å²) in [5.41, 5.74) is -0.327. The van der Waals surface area contributed by atoms with Crippen molar-refractivity contribution in [1.29, 1.82) is 0 Å². The zero-order valence-electron chi connectivity index (χ0n) is 8.81. The normalized spacial score (nSPS) is 12.2. The van der Waals surface area contributed by atoms with Crippen LogP contribution in [0.3, 0.4) is 0 Å². The number of rotatable bonds is 5. The molecule has 0 saturated heterocycles. The molecule has 0 aliphatic carbocycles. The molecule has 0 aliphatic heterocycles. The minimum Gasteiger partial charge on any atom is -0.383 e. The maximum absolute atomic E-state index is 10.8. The number of hydrogen-bond acceptors (Lipinski definition) is 6. The predicted octanol–water partition coefficient (Wildman–Crippen LogP) is 1.48. The SMILES string of the molecule is COC[C@@H](C)Nc1ncnc(Cl)c1[N+](=O)[O-]. The predicted molar refractivity (Wildman–Crippen MR) is 58.7 cm³/mol. The van der Waals surface area contributed by atoms with Gasteiger partial charge in [0.1, 0.15) is 6.33 Å². The summed E-state index contributed by atoms with van der Waals surface area (Å²) in [6.45, 7) is 2.21. The van der Waals surface area contributed by atoms with E-state index in [9.17, 15) is 10.1 Å². The van der Waals surface area contributed by atoms with Crippen molar-refractivity contribution in [3.8, 4) is 0 Å². The molecule has 0 saturated carbocycles. The molecule has 88 valence electrons. The number of methoxy groups -OCH3 is 1. The second-order valence-electron chi connectivity index (χ2n) is 3.12. The minimum absolute atomic E-state index is 0.0922. The van der Waals surface area contributed by atoms with E-state index in [1.54, 1.807) is 7.11 Å². The van der Waals surface area contributed by atoms with Gasteiger partial charge in [-0.1, -0.05) is 11.6 Å². The van der Waals surface area contributed by atoms with Crippen LogP contribution in [0.15, 0.2) is 6.33 Å². The molecule has 7 nitrogen and oxygen atoms in total. The maximum atomic E-state index is 10.8. The van der Waals surface area contributed by atoms with Crippen LogP contribution in [0, 0.1) is 10.1 Å². The third-order valence-corrected chi connectivity index (χ3v) is 2.04. The van der Waals surface area contributed by atoms with Crippen molar-refractivity contribution in [1.82, 2.24) is 9.97 Å². The van der Waals surface area contributed by atoms with Gasteiger partial charge < -0.3 is 10.1 Å². The Bertz CT molecular complexity index is 388. The van der Waals surface area contributed by atoms with E-state index >= 15 is 0 Å². The first-order valence-electron chi connectivity index (χ1n) is 4.46. The number of aromatic nitrogens is 2. The molecule has 0 spiro atoms. The van der Waals surface area contributed by atoms with Crippen molar-refractivity contribution in [2.24, 2.45) is 0 Å². The van der Waals surface area contributed by atoms with Crippen molar-refractivity contribution < 1.29 is 9.66 Å². The van der Waals surface area contributed by atoms with E-state index in [1.165, 1.54) is 0 Å². The molecule has 0 aliphatic rings. The van der Waals surface area contributed by atoms with Gasteiger partial charge in [-0.2, -0.15) is 0 Å². The molecule has 1 aromatic rings. The van der Waals surface area contributed by atoms with Crippen LogP contribution in [0.2, 0.25) is 5.15 Å². The van der Waals surface area contributed by atoms with Gasteiger partial charge >= 0.3 is 5.69 Å². The number of nitrogens with zero attached hydrogens (tertiary/aromatic N) is 3. The van der Waals surface area contributed by atoms with E-state index in [4.69, 9.17) is 16.3 Å². The summed E-state index contributed by atoms with van der Waals surface area (Å²) in [4.78, 5) is 17.5. The van der Waals surface area contributed by atoms with Crippen molar-refractivity contribution in [3.05, 3.63) is 21.6 Å². The lowest BCUT2D eigenvalue weighted by Crippen LogP contribution is -2.22. The number of halogens is 1. The van der Waals surface area contributed by atoms with Crippen LogP contribution in [-0.2, 0) is 4.74 Å². The van der Waals surface area contributed by atoms with Crippen molar-refractivity contribution in [2.45, 2.75) is 13.0 Å². The molecule has 8 heteroatoms. The van der Waals surface area contributed by atoms with Gasteiger partial charge in [0, 0.05) is 13.2 Å². The Morgan fingerprint density at radius 3 is 2.94 bits per heavy atom. The molecular formula is C8H11ClN4O3. The average molecular weight is 247 g/mol. The molecule has 0 aromatic carbocycles. The van der Waals surface area contributed by atoms with E-state index in [2.05, 4.69) is 15.3 Å². The molecule has 0 radical (unpaired) electrons. The first-order chi connectivity index (χ1) is 7.56. The Morgan fingerprint density at radius 1 is 1.69 bits per heavy atom. The third-order valence-electron chi connectivity index (χ3n) is 1.76. The van der Waals surface area contributed by atoms with Crippen molar-refractivity contribution >= 4 is 23.1 Å². The van der Waals surface area contributed by atoms with E-state index in [1.807, 2.05) is 6.92 Å². The Morgan fingerprint density at radius 2 is 2.38 bits per heavy atom. The zero-order valence-corrected chi connectivity index (χ0v) is 9.56. The molecule has 16 heavy (non-hydrogen) atoms. The summed E-state index contributed by atoms with van der Waals surface area (Å²) in [6, 6.07) is -0.116. The van der Waals surface area contributed by atoms with Crippen molar-refractivity contribution in [2.75, 3.05) is 19.0 Å². The third kappa shape index (κ3) is 3.01. The minimum atomic E-state index is -0.621. The van der Waals surface area contributed by atoms with E-state index in [0.29, 0.717) is 6.61 Å². The Hall–Kier alpha value is -1.47. The molecule has 1 aromatic heterocycles. The molecule has 1 N–H and O–H groups in total. The molecule has 1 rings (SSSR count). The highest BCUT2D eigenvalue weighted by Gasteiger charge is 2.22. The van der Waals surface area contributed by atoms with Gasteiger partial charge in [-0.25, -0.2) is 9.97 Å². The fraction of sp³-hybridized carbons (Fsp3) is 0.500. The first-order valence-corrected chi connectivity index (χ1v) is 4.84. The molecule has 1 heterocycles. The highest BCUT2D eigenvalue weighted by atomic mass is 35.5. The highest BCUT2D eigenvalue weighted by molar-refractivity contribution is 6.31. The number of anilines is 1. The van der Waals surface area contributed by atoms with Gasteiger partial charge in [0.15, 0.2) is 0 Å². The van der Waals surface area contributed by atoms with Crippen LogP contribution in [-0.4, -0.2) is 34.6 Å². The standard InChI is InChI=1S/C8H11ClN4O3/c1-5(3-16-2)12-8-6(13(14)15)7(9)10-4-11-8/h4-5H,3H2,1-2H3,(H,10,11,12)/t5-/m1/s1. The number of hydrogen-bond donors (Lipinski definition) is 1. The molecule has 0 unspecified atom stereocenters. The quantitative estimate of drug-likeness (QED) is 0.481. The van der Waals surface area contributed by atoms with Gasteiger partial charge in [0.25, 0.3) is 0 Å². The van der Waals surface area contributed by atoms with Crippen molar-refractivity contribution in [3.63, 3.8) is 0 Å². The fourth-order valence-corrected chi connectivity index (χ4v) is 1.35. The summed E-state index contributed by atoms with van der Waals surface area (Å²) < 4.78 is 4.90. The van der Waals surface area contributed by atoms with Crippen LogP contribution < -0.4 is 5.32 Å². The molecule has 0 bridgehead atoms. The van der Waals surface area contributed by atoms with E-state index in [0.717, 1.165) is 6.33 Å². The summed E-state index contributed by atoms with van der Waals surface area (Å²) >= 11 is 5.62. The summed E-state index contributed by atoms with van der Waals surface area (Å²) in [7, 11) is 1.54. The van der Waals surface area contributed by atoms with Crippen LogP contribution in [0.4, 0.5) is 11.5 Å². The topological polar surface area (TPSA) is 90.2 Å². The number of nitrogens with one attached hydrogen (secondary N) is 1. The number of ether oxygens (including phenoxy) is 1. The van der Waals surface area contributed by atoms with Gasteiger partial charge in [-0.15, -0.1) is 0 Å². The maximum Gasteiger partial charge on any atom is 0.348 e. The Kier molecular flexibility index (Phi) is 4.39. The Labute approximate surface area is 97.0 Å². The fourth-order valence-electron chi connectivity index (χ4n) is 1.15. The van der Waals surface area contributed by atoms with Crippen LogP contribution in [0.5, 0.6) is 0 Å². The Balaban J connectivity index is 2.95. The zero-order chi connectivity index (χ0) is 12.1.